The third kappa shape index (κ3) is 10.1. The summed E-state index contributed by atoms with van der Waals surface area (Å²) in [5.74, 6) is -2.25. The first kappa shape index (κ1) is 27.5. The summed E-state index contributed by atoms with van der Waals surface area (Å²) in [6, 6.07) is 0. The lowest BCUT2D eigenvalue weighted by Gasteiger charge is -2.13. The van der Waals surface area contributed by atoms with E-state index in [1.165, 1.54) is 35.7 Å². The minimum Gasteiger partial charge on any atom is -0.463 e. The predicted octanol–water partition coefficient (Wildman–Crippen LogP) is -3.34. The lowest BCUT2D eigenvalue weighted by Crippen LogP contribution is -2.46. The molecule has 0 aromatic carbocycles. The van der Waals surface area contributed by atoms with Gasteiger partial charge in [-0.25, -0.2) is 9.59 Å². The first-order chi connectivity index (χ1) is 15.8. The molecule has 33 heavy (non-hydrogen) atoms. The van der Waals surface area contributed by atoms with Crippen LogP contribution in [0.4, 0.5) is 0 Å². The molecule has 1 rings (SSSR count). The molecule has 0 aliphatic carbocycles. The van der Waals surface area contributed by atoms with E-state index < -0.39 is 29.6 Å². The number of carbonyl (C=O) groups excluding carboxylic acids is 4. The quantitative estimate of drug-likeness (QED) is 0.0429. The number of amidine groups is 4. The van der Waals surface area contributed by atoms with E-state index in [1.54, 1.807) is 0 Å². The van der Waals surface area contributed by atoms with E-state index in [4.69, 9.17) is 5.73 Å². The Morgan fingerprint density at radius 3 is 2.15 bits per heavy atom. The number of nitrogens with zero attached hydrogens (tertiary/aromatic N) is 4. The van der Waals surface area contributed by atoms with Crippen LogP contribution in [-0.2, 0) is 28.7 Å². The minimum atomic E-state index is -0.844. The normalized spacial score (nSPS) is 13.4. The van der Waals surface area contributed by atoms with Crippen LogP contribution in [0.15, 0.2) is 20.3 Å². The third-order valence-corrected chi connectivity index (χ3v) is 5.69. The highest BCUT2D eigenvalue weighted by Crippen LogP contribution is 2.19. The Bertz CT molecular complexity index is 860. The Labute approximate surface area is 196 Å². The first-order valence-corrected chi connectivity index (χ1v) is 11.5. The molecule has 0 unspecified atom stereocenters. The maximum Gasteiger partial charge on any atom is 0.377 e. The smallest absolute Gasteiger partial charge is 0.377 e. The van der Waals surface area contributed by atoms with Crippen LogP contribution in [0.5, 0.6) is 0 Å². The van der Waals surface area contributed by atoms with Crippen molar-refractivity contribution in [2.45, 2.75) is 0 Å². The van der Waals surface area contributed by atoms with E-state index in [9.17, 15) is 19.2 Å². The Hall–Kier alpha value is -3.54. The second kappa shape index (κ2) is 15.3. The van der Waals surface area contributed by atoms with Crippen LogP contribution >= 0.6 is 21.6 Å². The van der Waals surface area contributed by atoms with Gasteiger partial charge < -0.3 is 25.8 Å². The number of ether oxygens (including phenoxy) is 2. The molecule has 0 spiro atoms. The summed E-state index contributed by atoms with van der Waals surface area (Å²) in [5.41, 5.74) is 12.3. The van der Waals surface area contributed by atoms with Crippen molar-refractivity contribution in [2.75, 3.05) is 45.9 Å². The minimum absolute atomic E-state index is 0.0947. The molecule has 0 saturated heterocycles. The van der Waals surface area contributed by atoms with Gasteiger partial charge in [-0.2, -0.15) is 0 Å². The van der Waals surface area contributed by atoms with Gasteiger partial charge in [0.05, 0.1) is 14.2 Å². The highest BCUT2D eigenvalue weighted by Gasteiger charge is 2.19. The summed E-state index contributed by atoms with van der Waals surface area (Å²) in [6.45, 7) is 0.694. The van der Waals surface area contributed by atoms with Crippen LogP contribution in [0, 0.1) is 0 Å². The third-order valence-electron chi connectivity index (χ3n) is 3.28. The van der Waals surface area contributed by atoms with Crippen LogP contribution < -0.4 is 32.6 Å². The van der Waals surface area contributed by atoms with Gasteiger partial charge in [0.1, 0.15) is 0 Å². The van der Waals surface area contributed by atoms with Gasteiger partial charge in [-0.3, -0.25) is 30.9 Å². The molecule has 1 aliphatic rings. The highest BCUT2D eigenvalue weighted by atomic mass is 33.1. The van der Waals surface area contributed by atoms with Crippen LogP contribution in [0.1, 0.15) is 0 Å². The Morgan fingerprint density at radius 1 is 1.00 bits per heavy atom. The summed E-state index contributed by atoms with van der Waals surface area (Å²) < 4.78 is 8.84. The Balaban J connectivity index is 2.16. The summed E-state index contributed by atoms with van der Waals surface area (Å²) in [4.78, 5) is 50.1. The molecule has 1 heterocycles. The lowest BCUT2D eigenvalue weighted by atomic mass is 10.5. The van der Waals surface area contributed by atoms with Crippen molar-refractivity contribution in [1.82, 2.24) is 26.9 Å². The zero-order valence-electron chi connectivity index (χ0n) is 18.0. The zero-order chi connectivity index (χ0) is 24.6. The van der Waals surface area contributed by atoms with E-state index >= 15 is 0 Å². The lowest BCUT2D eigenvalue weighted by molar-refractivity contribution is -0.133. The molecule has 0 atom stereocenters. The molecule has 0 fully saturated rings. The second-order valence-corrected chi connectivity index (χ2v) is 8.17. The maximum absolute atomic E-state index is 12.0. The molecule has 0 saturated carbocycles. The van der Waals surface area contributed by atoms with Crippen molar-refractivity contribution < 1.29 is 28.7 Å². The van der Waals surface area contributed by atoms with Gasteiger partial charge in [0, 0.05) is 31.6 Å². The van der Waals surface area contributed by atoms with Crippen molar-refractivity contribution in [1.29, 1.82) is 0 Å². The van der Waals surface area contributed by atoms with Crippen LogP contribution in [-0.4, -0.2) is 93.0 Å². The number of amides is 2. The molecule has 0 aromatic rings. The average Bonchev–Trinajstić information content (AvgIpc) is 2.84. The van der Waals surface area contributed by atoms with E-state index in [0.29, 0.717) is 24.6 Å². The first-order valence-electron chi connectivity index (χ1n) is 9.04. The van der Waals surface area contributed by atoms with Crippen LogP contribution in [0.25, 0.3) is 0 Å². The summed E-state index contributed by atoms with van der Waals surface area (Å²) >= 11 is 0. The fourth-order valence-corrected chi connectivity index (χ4v) is 3.53. The Morgan fingerprint density at radius 2 is 1.61 bits per heavy atom. The molecule has 182 valence electrons. The second-order valence-electron chi connectivity index (χ2n) is 5.46. The zero-order valence-corrected chi connectivity index (χ0v) is 19.6. The van der Waals surface area contributed by atoms with E-state index in [1.807, 2.05) is 0 Å². The summed E-state index contributed by atoms with van der Waals surface area (Å²) in [5, 5.41) is 16.1. The van der Waals surface area contributed by atoms with Crippen molar-refractivity contribution in [3.8, 4) is 0 Å². The van der Waals surface area contributed by atoms with Gasteiger partial charge in [0.15, 0.2) is 0 Å². The summed E-state index contributed by atoms with van der Waals surface area (Å²) in [7, 11) is 6.68. The van der Waals surface area contributed by atoms with Gasteiger partial charge in [-0.1, -0.05) is 21.6 Å². The van der Waals surface area contributed by atoms with Gasteiger partial charge in [-0.15, -0.1) is 15.3 Å². The topological polar surface area (TPSA) is 222 Å². The number of nitrogens with one attached hydrogen (secondary N) is 5. The van der Waals surface area contributed by atoms with Crippen molar-refractivity contribution in [2.24, 2.45) is 26.0 Å². The molecule has 0 bridgehead atoms. The maximum atomic E-state index is 12.0. The molecule has 1 aliphatic heterocycles. The number of esters is 2. The van der Waals surface area contributed by atoms with E-state index in [-0.39, 0.29) is 17.5 Å². The van der Waals surface area contributed by atoms with Crippen LogP contribution in [0.2, 0.25) is 0 Å². The van der Waals surface area contributed by atoms with Crippen molar-refractivity contribution in [3.05, 3.63) is 0 Å². The number of hydrazone groups is 3. The van der Waals surface area contributed by atoms with Crippen LogP contribution in [0.3, 0.4) is 0 Å². The van der Waals surface area contributed by atoms with Gasteiger partial charge in [-0.05, 0) is 0 Å². The molecule has 16 nitrogen and oxygen atoms in total. The number of hydrogen-bond acceptors (Lipinski definition) is 14. The Kier molecular flexibility index (Phi) is 12.7. The predicted molar refractivity (Wildman–Crippen MR) is 124 cm³/mol. The summed E-state index contributed by atoms with van der Waals surface area (Å²) in [6.07, 6.45) is 0. The molecule has 0 aromatic heterocycles. The SMILES string of the molecule is C/N=C(\N/N=C(\N)C(=O)OC)C(=O)NCCSSCCNC(=O)C1=NNC(C(=O)OC)=NN1. The number of nitrogens with two attached hydrogens (primary N) is 1. The number of aliphatic imine (C=N–C) groups is 1. The number of methoxy groups -OCH3 is 2. The fourth-order valence-electron chi connectivity index (χ4n) is 1.72. The molecule has 0 radical (unpaired) electrons. The van der Waals surface area contributed by atoms with Crippen molar-refractivity contribution in [3.63, 3.8) is 0 Å². The van der Waals surface area contributed by atoms with E-state index in [0.717, 1.165) is 7.11 Å². The monoisotopic (exact) mass is 504 g/mol. The fraction of sp³-hybridized carbons (Fsp3) is 0.467. The standard InChI is InChI=1S/C15H24N10O6S2/c1-17-9(21-20-8(16)14(28)30-2)12(26)18-4-6-32-33-7-5-19-13(27)10-22-24-11(25-23-10)15(29)31-3/h4-7H2,1-3H3,(H2,16,20)(H,17,21)(H,18,26)(H,19,27)(H,22,23)(H,24,25). The van der Waals surface area contributed by atoms with Gasteiger partial charge in [0.25, 0.3) is 17.6 Å². The molecular weight excluding hydrogens is 480 g/mol. The van der Waals surface area contributed by atoms with E-state index in [2.05, 4.69) is 56.7 Å². The molecule has 18 heteroatoms. The molecule has 2 amide bonds. The van der Waals surface area contributed by atoms with Gasteiger partial charge in [0.2, 0.25) is 17.5 Å². The number of carbonyl (C=O) groups is 4. The van der Waals surface area contributed by atoms with Crippen molar-refractivity contribution >= 4 is 68.7 Å². The average molecular weight is 505 g/mol. The highest BCUT2D eigenvalue weighted by molar-refractivity contribution is 8.76. The largest absolute Gasteiger partial charge is 0.463 e. The molecule has 7 N–H and O–H groups in total. The number of rotatable bonds is 10. The number of hydrogen-bond donors (Lipinski definition) is 6. The molecular formula is C15H24N10O6S2. The van der Waals surface area contributed by atoms with Gasteiger partial charge >= 0.3 is 11.9 Å².